The summed E-state index contributed by atoms with van der Waals surface area (Å²) >= 11 is 1.34. The molecule has 1 aliphatic heterocycles. The van der Waals surface area contributed by atoms with E-state index < -0.39 is 0 Å². The van der Waals surface area contributed by atoms with Crippen LogP contribution in [0.3, 0.4) is 0 Å². The molecule has 1 amide bonds. The molecule has 2 aromatic carbocycles. The number of nitrogens with zero attached hydrogens (tertiary/aromatic N) is 3. The number of benzene rings is 2. The Morgan fingerprint density at radius 3 is 2.63 bits per heavy atom. The zero-order chi connectivity index (χ0) is 20.9. The van der Waals surface area contributed by atoms with Gasteiger partial charge in [0.1, 0.15) is 0 Å². The van der Waals surface area contributed by atoms with Crippen LogP contribution < -0.4 is 0 Å². The highest BCUT2D eigenvalue weighted by Gasteiger charge is 2.27. The Morgan fingerprint density at radius 1 is 1.13 bits per heavy atom. The van der Waals surface area contributed by atoms with E-state index in [9.17, 15) is 4.79 Å². The molecule has 1 atom stereocenters. The number of aromatic nitrogens is 2. The number of thioether (sulfide) groups is 1. The molecule has 0 radical (unpaired) electrons. The zero-order valence-corrected chi connectivity index (χ0v) is 18.3. The summed E-state index contributed by atoms with van der Waals surface area (Å²) < 4.78 is 5.79. The summed E-state index contributed by atoms with van der Waals surface area (Å²) in [5.74, 6) is 1.28. The van der Waals surface area contributed by atoms with Gasteiger partial charge in [0.15, 0.2) is 0 Å². The molecule has 0 unspecified atom stereocenters. The summed E-state index contributed by atoms with van der Waals surface area (Å²) in [5.41, 5.74) is 3.42. The molecule has 4 rings (SSSR count). The van der Waals surface area contributed by atoms with Crippen LogP contribution in [0, 0.1) is 12.8 Å². The summed E-state index contributed by atoms with van der Waals surface area (Å²) in [4.78, 5) is 14.9. The number of amides is 1. The first kappa shape index (κ1) is 20.7. The normalized spacial score (nSPS) is 15.9. The van der Waals surface area contributed by atoms with Crippen molar-refractivity contribution in [1.29, 1.82) is 0 Å². The van der Waals surface area contributed by atoms with Crippen LogP contribution in [0.15, 0.2) is 64.2 Å². The number of hydrogen-bond acceptors (Lipinski definition) is 5. The molecular formula is C24H27N3O2S. The van der Waals surface area contributed by atoms with E-state index in [1.165, 1.54) is 17.3 Å². The fraction of sp³-hybridized carbons (Fsp3) is 0.375. The monoisotopic (exact) mass is 421 g/mol. The minimum atomic E-state index is -0.249. The summed E-state index contributed by atoms with van der Waals surface area (Å²) in [6.45, 7) is 5.58. The first-order chi connectivity index (χ1) is 14.6. The van der Waals surface area contributed by atoms with Gasteiger partial charge in [0.25, 0.3) is 5.22 Å². The summed E-state index contributed by atoms with van der Waals surface area (Å²) in [7, 11) is 0. The smallest absolute Gasteiger partial charge is 0.277 e. The van der Waals surface area contributed by atoms with Crippen molar-refractivity contribution in [1.82, 2.24) is 15.1 Å². The van der Waals surface area contributed by atoms with Gasteiger partial charge in [-0.2, -0.15) is 0 Å². The molecule has 0 saturated carbocycles. The lowest BCUT2D eigenvalue weighted by Crippen LogP contribution is -2.42. The Balaban J connectivity index is 1.29. The van der Waals surface area contributed by atoms with E-state index in [2.05, 4.69) is 40.5 Å². The molecule has 156 valence electrons. The lowest BCUT2D eigenvalue weighted by Gasteiger charge is -2.33. The summed E-state index contributed by atoms with van der Waals surface area (Å²) in [6.07, 6.45) is 3.20. The number of piperidine rings is 1. The standard InChI is InChI=1S/C24H27N3O2S/c1-17-7-6-10-21(15-17)22-25-26-24(29-22)30-18(2)23(28)27-13-11-20(12-14-27)16-19-8-4-3-5-9-19/h3-10,15,18,20H,11-14,16H2,1-2H3/t18-/m1/s1. The molecule has 0 bridgehead atoms. The van der Waals surface area contributed by atoms with E-state index in [4.69, 9.17) is 4.42 Å². The topological polar surface area (TPSA) is 59.2 Å². The summed E-state index contributed by atoms with van der Waals surface area (Å²) in [6, 6.07) is 18.6. The minimum absolute atomic E-state index is 0.147. The van der Waals surface area contributed by atoms with Crippen LogP contribution in [0.4, 0.5) is 0 Å². The van der Waals surface area contributed by atoms with Gasteiger partial charge in [0, 0.05) is 18.7 Å². The molecule has 5 nitrogen and oxygen atoms in total. The lowest BCUT2D eigenvalue weighted by molar-refractivity contribution is -0.131. The Kier molecular flexibility index (Phi) is 6.53. The average Bonchev–Trinajstić information content (AvgIpc) is 3.23. The maximum Gasteiger partial charge on any atom is 0.277 e. The van der Waals surface area contributed by atoms with E-state index in [-0.39, 0.29) is 11.2 Å². The van der Waals surface area contributed by atoms with Crippen molar-refractivity contribution in [2.45, 2.75) is 43.6 Å². The van der Waals surface area contributed by atoms with Crippen molar-refractivity contribution in [2.24, 2.45) is 5.92 Å². The van der Waals surface area contributed by atoms with Gasteiger partial charge in [-0.1, -0.05) is 59.8 Å². The van der Waals surface area contributed by atoms with E-state index in [1.807, 2.05) is 43.0 Å². The second-order valence-electron chi connectivity index (χ2n) is 7.96. The highest BCUT2D eigenvalue weighted by Crippen LogP contribution is 2.29. The average molecular weight is 422 g/mol. The number of carbonyl (C=O) groups excluding carboxylic acids is 1. The molecule has 1 saturated heterocycles. The third-order valence-corrected chi connectivity index (χ3v) is 6.51. The van der Waals surface area contributed by atoms with Gasteiger partial charge in [-0.3, -0.25) is 4.79 Å². The van der Waals surface area contributed by atoms with Crippen molar-refractivity contribution in [3.8, 4) is 11.5 Å². The third kappa shape index (κ3) is 5.11. The van der Waals surface area contributed by atoms with Gasteiger partial charge in [-0.25, -0.2) is 0 Å². The van der Waals surface area contributed by atoms with Crippen LogP contribution in [0.2, 0.25) is 0 Å². The maximum absolute atomic E-state index is 12.9. The maximum atomic E-state index is 12.9. The van der Waals surface area contributed by atoms with Crippen LogP contribution in [0.1, 0.15) is 30.9 Å². The molecule has 0 N–H and O–H groups in total. The number of carbonyl (C=O) groups is 1. The van der Waals surface area contributed by atoms with Gasteiger partial charge in [0.2, 0.25) is 11.8 Å². The molecule has 6 heteroatoms. The predicted molar refractivity (Wildman–Crippen MR) is 119 cm³/mol. The SMILES string of the molecule is Cc1cccc(-c2nnc(S[C@H](C)C(=O)N3CCC(Cc4ccccc4)CC3)o2)c1. The van der Waals surface area contributed by atoms with Crippen LogP contribution in [-0.4, -0.2) is 39.3 Å². The molecule has 0 spiro atoms. The predicted octanol–water partition coefficient (Wildman–Crippen LogP) is 5.01. The first-order valence-corrected chi connectivity index (χ1v) is 11.4. The molecule has 3 aromatic rings. The molecule has 30 heavy (non-hydrogen) atoms. The highest BCUT2D eigenvalue weighted by molar-refractivity contribution is 8.00. The fourth-order valence-electron chi connectivity index (χ4n) is 3.92. The number of hydrogen-bond donors (Lipinski definition) is 0. The van der Waals surface area contributed by atoms with E-state index in [0.29, 0.717) is 17.0 Å². The van der Waals surface area contributed by atoms with Crippen LogP contribution in [-0.2, 0) is 11.2 Å². The molecule has 1 fully saturated rings. The van der Waals surface area contributed by atoms with E-state index in [1.54, 1.807) is 0 Å². The fourth-order valence-corrected chi connectivity index (χ4v) is 4.68. The Morgan fingerprint density at radius 2 is 1.90 bits per heavy atom. The molecule has 2 heterocycles. The van der Waals surface area contributed by atoms with Crippen LogP contribution >= 0.6 is 11.8 Å². The van der Waals surface area contributed by atoms with Gasteiger partial charge >= 0.3 is 0 Å². The van der Waals surface area contributed by atoms with Crippen molar-refractivity contribution >= 4 is 17.7 Å². The van der Waals surface area contributed by atoms with Crippen molar-refractivity contribution in [2.75, 3.05) is 13.1 Å². The van der Waals surface area contributed by atoms with Crippen LogP contribution in [0.5, 0.6) is 0 Å². The molecule has 1 aliphatic rings. The number of aryl methyl sites for hydroxylation is 1. The second kappa shape index (κ2) is 9.47. The van der Waals surface area contributed by atoms with Crippen molar-refractivity contribution in [3.05, 3.63) is 65.7 Å². The van der Waals surface area contributed by atoms with Gasteiger partial charge in [-0.05, 0) is 56.7 Å². The van der Waals surface area contributed by atoms with Gasteiger partial charge in [-0.15, -0.1) is 10.2 Å². The molecule has 0 aliphatic carbocycles. The molecular weight excluding hydrogens is 394 g/mol. The Hall–Kier alpha value is -2.60. The number of likely N-dealkylation sites (tertiary alicyclic amines) is 1. The van der Waals surface area contributed by atoms with Gasteiger partial charge in [0.05, 0.1) is 5.25 Å². The lowest BCUT2D eigenvalue weighted by atomic mass is 9.90. The van der Waals surface area contributed by atoms with Crippen LogP contribution in [0.25, 0.3) is 11.5 Å². The molecule has 1 aromatic heterocycles. The summed E-state index contributed by atoms with van der Waals surface area (Å²) in [5, 5.41) is 8.45. The zero-order valence-electron chi connectivity index (χ0n) is 17.5. The van der Waals surface area contributed by atoms with Crippen molar-refractivity contribution < 1.29 is 9.21 Å². The first-order valence-electron chi connectivity index (χ1n) is 10.5. The minimum Gasteiger partial charge on any atom is -0.411 e. The Bertz CT molecular complexity index is 981. The van der Waals surface area contributed by atoms with Gasteiger partial charge < -0.3 is 9.32 Å². The third-order valence-electron chi connectivity index (χ3n) is 5.59. The highest BCUT2D eigenvalue weighted by atomic mass is 32.2. The van der Waals surface area contributed by atoms with E-state index in [0.717, 1.165) is 43.5 Å². The number of rotatable bonds is 6. The van der Waals surface area contributed by atoms with E-state index >= 15 is 0 Å². The Labute approximate surface area is 181 Å². The second-order valence-corrected chi connectivity index (χ2v) is 9.25. The largest absolute Gasteiger partial charge is 0.411 e. The van der Waals surface area contributed by atoms with Crippen molar-refractivity contribution in [3.63, 3.8) is 0 Å². The quantitative estimate of drug-likeness (QED) is 0.524.